The van der Waals surface area contributed by atoms with Crippen LogP contribution in [-0.2, 0) is 6.42 Å². The topological polar surface area (TPSA) is 39.2 Å². The minimum Gasteiger partial charge on any atom is -0.496 e. The number of benzene rings is 1. The van der Waals surface area contributed by atoms with Crippen LogP contribution in [0.25, 0.3) is 0 Å². The summed E-state index contributed by atoms with van der Waals surface area (Å²) in [5, 5.41) is 0.548. The molecule has 4 heteroatoms. The molecule has 1 aromatic heterocycles. The molecule has 0 radical (unpaired) electrons. The number of halogens is 1. The third-order valence-electron chi connectivity index (χ3n) is 2.58. The van der Waals surface area contributed by atoms with E-state index in [1.165, 1.54) is 7.11 Å². The average molecular weight is 262 g/mol. The van der Waals surface area contributed by atoms with Gasteiger partial charge >= 0.3 is 0 Å². The standard InChI is InChI=1S/C14H12ClNO2/c1-18-14-9-11(15)2-3-12(14)13(17)8-10-4-6-16-7-5-10/h2-7,9H,8H2,1H3. The second-order valence-corrected chi connectivity index (χ2v) is 4.24. The average Bonchev–Trinajstić information content (AvgIpc) is 2.39. The van der Waals surface area contributed by atoms with Gasteiger partial charge in [0.25, 0.3) is 0 Å². The van der Waals surface area contributed by atoms with Crippen molar-refractivity contribution >= 4 is 17.4 Å². The number of ether oxygens (including phenoxy) is 1. The van der Waals surface area contributed by atoms with Crippen LogP contribution in [0.3, 0.4) is 0 Å². The van der Waals surface area contributed by atoms with Crippen LogP contribution >= 0.6 is 11.6 Å². The molecule has 2 rings (SSSR count). The zero-order valence-corrected chi connectivity index (χ0v) is 10.6. The first-order valence-electron chi connectivity index (χ1n) is 5.46. The first-order chi connectivity index (χ1) is 8.70. The SMILES string of the molecule is COc1cc(Cl)ccc1C(=O)Cc1ccncc1. The van der Waals surface area contributed by atoms with E-state index in [0.717, 1.165) is 5.56 Å². The van der Waals surface area contributed by atoms with Crippen molar-refractivity contribution in [1.82, 2.24) is 4.98 Å². The third-order valence-corrected chi connectivity index (χ3v) is 2.81. The molecule has 0 bridgehead atoms. The van der Waals surface area contributed by atoms with Gasteiger partial charge in [-0.2, -0.15) is 0 Å². The summed E-state index contributed by atoms with van der Waals surface area (Å²) in [6.45, 7) is 0. The van der Waals surface area contributed by atoms with Crippen molar-refractivity contribution in [3.63, 3.8) is 0 Å². The zero-order valence-electron chi connectivity index (χ0n) is 9.89. The van der Waals surface area contributed by atoms with Gasteiger partial charge < -0.3 is 4.74 Å². The second kappa shape index (κ2) is 5.65. The van der Waals surface area contributed by atoms with Crippen molar-refractivity contribution in [1.29, 1.82) is 0 Å². The van der Waals surface area contributed by atoms with Gasteiger partial charge in [0.2, 0.25) is 0 Å². The van der Waals surface area contributed by atoms with Crippen molar-refractivity contribution in [2.24, 2.45) is 0 Å². The second-order valence-electron chi connectivity index (χ2n) is 3.80. The number of ketones is 1. The lowest BCUT2D eigenvalue weighted by Crippen LogP contribution is -2.05. The first-order valence-corrected chi connectivity index (χ1v) is 5.84. The van der Waals surface area contributed by atoms with Gasteiger partial charge in [-0.05, 0) is 35.9 Å². The van der Waals surface area contributed by atoms with Crippen LogP contribution < -0.4 is 4.74 Å². The molecule has 2 aromatic rings. The molecule has 3 nitrogen and oxygen atoms in total. The molecule has 0 saturated carbocycles. The van der Waals surface area contributed by atoms with Gasteiger partial charge in [0, 0.05) is 23.8 Å². The van der Waals surface area contributed by atoms with Gasteiger partial charge in [-0.15, -0.1) is 0 Å². The lowest BCUT2D eigenvalue weighted by molar-refractivity contribution is 0.0990. The molecule has 0 amide bonds. The summed E-state index contributed by atoms with van der Waals surface area (Å²) in [4.78, 5) is 16.1. The quantitative estimate of drug-likeness (QED) is 0.794. The predicted molar refractivity (Wildman–Crippen MR) is 70.3 cm³/mol. The molecule has 0 aliphatic heterocycles. The molecule has 0 saturated heterocycles. The Labute approximate surface area is 110 Å². The number of aromatic nitrogens is 1. The third kappa shape index (κ3) is 2.87. The van der Waals surface area contributed by atoms with Crippen LogP contribution in [0.2, 0.25) is 5.02 Å². The molecular weight excluding hydrogens is 250 g/mol. The number of hydrogen-bond acceptors (Lipinski definition) is 3. The summed E-state index contributed by atoms with van der Waals surface area (Å²) in [5.74, 6) is 0.497. The highest BCUT2D eigenvalue weighted by molar-refractivity contribution is 6.30. The number of rotatable bonds is 4. The van der Waals surface area contributed by atoms with Gasteiger partial charge in [-0.1, -0.05) is 11.6 Å². The summed E-state index contributed by atoms with van der Waals surface area (Å²) in [5.41, 5.74) is 1.46. The lowest BCUT2D eigenvalue weighted by atomic mass is 10.0. The molecule has 0 aliphatic rings. The molecule has 0 fully saturated rings. The van der Waals surface area contributed by atoms with E-state index in [1.54, 1.807) is 30.6 Å². The summed E-state index contributed by atoms with van der Waals surface area (Å²) in [6, 6.07) is 8.65. The number of carbonyl (C=O) groups is 1. The molecule has 0 N–H and O–H groups in total. The maximum Gasteiger partial charge on any atom is 0.170 e. The smallest absolute Gasteiger partial charge is 0.170 e. The van der Waals surface area contributed by atoms with E-state index in [4.69, 9.17) is 16.3 Å². The van der Waals surface area contributed by atoms with E-state index < -0.39 is 0 Å². The Hall–Kier alpha value is -1.87. The highest BCUT2D eigenvalue weighted by Crippen LogP contribution is 2.24. The number of methoxy groups -OCH3 is 1. The van der Waals surface area contributed by atoms with Crippen LogP contribution in [-0.4, -0.2) is 17.9 Å². The molecule has 1 heterocycles. The normalized spacial score (nSPS) is 10.1. The fraction of sp³-hybridized carbons (Fsp3) is 0.143. The molecule has 18 heavy (non-hydrogen) atoms. The van der Waals surface area contributed by atoms with E-state index in [0.29, 0.717) is 22.8 Å². The lowest BCUT2D eigenvalue weighted by Gasteiger charge is -2.08. The van der Waals surface area contributed by atoms with Gasteiger partial charge in [-0.25, -0.2) is 0 Å². The largest absolute Gasteiger partial charge is 0.496 e. The number of pyridine rings is 1. The van der Waals surface area contributed by atoms with Crippen molar-refractivity contribution in [3.8, 4) is 5.75 Å². The molecule has 92 valence electrons. The van der Waals surface area contributed by atoms with Gasteiger partial charge in [-0.3, -0.25) is 9.78 Å². The molecule has 1 aromatic carbocycles. The number of hydrogen-bond donors (Lipinski definition) is 0. The summed E-state index contributed by atoms with van der Waals surface area (Å²) in [6.07, 6.45) is 3.66. The van der Waals surface area contributed by atoms with Crippen LogP contribution in [0, 0.1) is 0 Å². The fourth-order valence-electron chi connectivity index (χ4n) is 1.68. The minimum absolute atomic E-state index is 0.00489. The Morgan fingerprint density at radius 3 is 2.67 bits per heavy atom. The number of nitrogens with zero attached hydrogens (tertiary/aromatic N) is 1. The van der Waals surface area contributed by atoms with E-state index in [2.05, 4.69) is 4.98 Å². The van der Waals surface area contributed by atoms with E-state index in [9.17, 15) is 4.79 Å². The van der Waals surface area contributed by atoms with Crippen LogP contribution in [0.4, 0.5) is 0 Å². The summed E-state index contributed by atoms with van der Waals surface area (Å²) in [7, 11) is 1.52. The Balaban J connectivity index is 2.24. The highest BCUT2D eigenvalue weighted by atomic mass is 35.5. The Kier molecular flexibility index (Phi) is 3.95. The highest BCUT2D eigenvalue weighted by Gasteiger charge is 2.13. The van der Waals surface area contributed by atoms with Crippen LogP contribution in [0.1, 0.15) is 15.9 Å². The molecule has 0 unspecified atom stereocenters. The monoisotopic (exact) mass is 261 g/mol. The molecule has 0 aliphatic carbocycles. The van der Waals surface area contributed by atoms with Gasteiger partial charge in [0.15, 0.2) is 5.78 Å². The van der Waals surface area contributed by atoms with Gasteiger partial charge in [0.1, 0.15) is 5.75 Å². The van der Waals surface area contributed by atoms with E-state index in [-0.39, 0.29) is 5.78 Å². The van der Waals surface area contributed by atoms with E-state index in [1.807, 2.05) is 12.1 Å². The maximum atomic E-state index is 12.2. The molecule has 0 spiro atoms. The van der Waals surface area contributed by atoms with Crippen molar-refractivity contribution in [3.05, 3.63) is 58.9 Å². The minimum atomic E-state index is -0.00489. The summed E-state index contributed by atoms with van der Waals surface area (Å²) < 4.78 is 5.17. The predicted octanol–water partition coefficient (Wildman–Crippen LogP) is 3.17. The Bertz CT molecular complexity index is 555. The van der Waals surface area contributed by atoms with Crippen LogP contribution in [0.15, 0.2) is 42.7 Å². The van der Waals surface area contributed by atoms with Crippen molar-refractivity contribution < 1.29 is 9.53 Å². The van der Waals surface area contributed by atoms with Gasteiger partial charge in [0.05, 0.1) is 12.7 Å². The number of carbonyl (C=O) groups excluding carboxylic acids is 1. The maximum absolute atomic E-state index is 12.2. The Morgan fingerprint density at radius 1 is 1.28 bits per heavy atom. The van der Waals surface area contributed by atoms with Crippen molar-refractivity contribution in [2.45, 2.75) is 6.42 Å². The number of Topliss-reactive ketones (excluding diaryl/α,β-unsaturated/α-hetero) is 1. The summed E-state index contributed by atoms with van der Waals surface area (Å²) >= 11 is 5.86. The Morgan fingerprint density at radius 2 is 2.00 bits per heavy atom. The first kappa shape index (κ1) is 12.6. The zero-order chi connectivity index (χ0) is 13.0. The van der Waals surface area contributed by atoms with E-state index >= 15 is 0 Å². The van der Waals surface area contributed by atoms with Crippen LogP contribution in [0.5, 0.6) is 5.75 Å². The molecular formula is C14H12ClNO2. The van der Waals surface area contributed by atoms with Crippen molar-refractivity contribution in [2.75, 3.05) is 7.11 Å². The molecule has 0 atom stereocenters. The fourth-order valence-corrected chi connectivity index (χ4v) is 1.84.